The average Bonchev–Trinajstić information content (AvgIpc) is 3.59. The van der Waals surface area contributed by atoms with Crippen molar-refractivity contribution in [2.45, 2.75) is 97.4 Å². The number of carbonyl (C=O) groups excluding carboxylic acids is 1. The summed E-state index contributed by atoms with van der Waals surface area (Å²) in [6.07, 6.45) is 13.9. The van der Waals surface area contributed by atoms with E-state index in [1.165, 1.54) is 69.9 Å². The van der Waals surface area contributed by atoms with Gasteiger partial charge in [-0.3, -0.25) is 9.89 Å². The van der Waals surface area contributed by atoms with Crippen molar-refractivity contribution in [3.63, 3.8) is 0 Å². The van der Waals surface area contributed by atoms with Crippen molar-refractivity contribution >= 4 is 17.5 Å². The first-order chi connectivity index (χ1) is 22.4. The van der Waals surface area contributed by atoms with Gasteiger partial charge in [-0.25, -0.2) is 9.31 Å². The largest absolute Gasteiger partial charge is 0.494 e. The topological polar surface area (TPSA) is 140 Å². The van der Waals surface area contributed by atoms with Gasteiger partial charge in [0.2, 0.25) is 11.6 Å². The minimum atomic E-state index is -1.01. The van der Waals surface area contributed by atoms with Gasteiger partial charge in [0.1, 0.15) is 17.2 Å². The highest BCUT2D eigenvalue weighted by Crippen LogP contribution is 2.29. The lowest BCUT2D eigenvalue weighted by Crippen LogP contribution is -2.24. The highest BCUT2D eigenvalue weighted by molar-refractivity contribution is 5.87. The van der Waals surface area contributed by atoms with Gasteiger partial charge in [0.15, 0.2) is 11.6 Å². The van der Waals surface area contributed by atoms with Crippen molar-refractivity contribution in [1.82, 2.24) is 25.1 Å². The first kappa shape index (κ1) is 34.3. The van der Waals surface area contributed by atoms with Crippen molar-refractivity contribution in [3.8, 4) is 23.0 Å². The molecule has 3 N–H and O–H groups in total. The zero-order valence-corrected chi connectivity index (χ0v) is 27.1. The van der Waals surface area contributed by atoms with Crippen molar-refractivity contribution in [2.75, 3.05) is 13.2 Å². The molecule has 2 aromatic heterocycles. The number of carboxylic acids is 1. The van der Waals surface area contributed by atoms with Crippen LogP contribution in [0.1, 0.15) is 106 Å². The van der Waals surface area contributed by atoms with Crippen LogP contribution >= 0.6 is 0 Å². The molecule has 0 bridgehead atoms. The number of unbranched alkanes of at least 4 members (excludes halogenated alkanes) is 9. The number of carbonyl (C=O) groups is 2. The molecule has 2 aromatic carbocycles. The molecule has 0 spiro atoms. The smallest absolute Gasteiger partial charge is 0.335 e. The van der Waals surface area contributed by atoms with Crippen LogP contribution in [-0.2, 0) is 11.3 Å². The highest BCUT2D eigenvalue weighted by atomic mass is 16.5. The SMILES string of the molecule is CCCCCCCCCCCCOc1ccc(OCCCC(=O)NCc2nnc3c(Oc4ccc(C(=O)O)cc4)c(C)[nH]n23)cc1. The van der Waals surface area contributed by atoms with Crippen LogP contribution < -0.4 is 19.5 Å². The van der Waals surface area contributed by atoms with Crippen molar-refractivity contribution in [3.05, 3.63) is 65.6 Å². The van der Waals surface area contributed by atoms with E-state index >= 15 is 0 Å². The van der Waals surface area contributed by atoms with Crippen molar-refractivity contribution in [1.29, 1.82) is 0 Å². The molecular weight excluding hydrogens is 586 g/mol. The molecule has 46 heavy (non-hydrogen) atoms. The molecule has 11 nitrogen and oxygen atoms in total. The molecule has 248 valence electrons. The fraction of sp³-hybridized carbons (Fsp3) is 0.486. The van der Waals surface area contributed by atoms with Crippen LogP contribution in [0.25, 0.3) is 5.65 Å². The number of hydrogen-bond donors (Lipinski definition) is 3. The lowest BCUT2D eigenvalue weighted by Gasteiger charge is -2.09. The van der Waals surface area contributed by atoms with Crippen LogP contribution in [0.2, 0.25) is 0 Å². The van der Waals surface area contributed by atoms with Gasteiger partial charge in [-0.05, 0) is 68.3 Å². The number of ether oxygens (including phenoxy) is 3. The Morgan fingerprint density at radius 1 is 0.783 bits per heavy atom. The number of rotatable bonds is 22. The Hall–Kier alpha value is -4.54. The van der Waals surface area contributed by atoms with Gasteiger partial charge in [-0.2, -0.15) is 0 Å². The minimum absolute atomic E-state index is 0.116. The van der Waals surface area contributed by atoms with E-state index in [4.69, 9.17) is 19.3 Å². The van der Waals surface area contributed by atoms with Gasteiger partial charge in [-0.15, -0.1) is 10.2 Å². The molecule has 0 aliphatic rings. The Balaban J connectivity index is 1.08. The molecule has 11 heteroatoms. The first-order valence-electron chi connectivity index (χ1n) is 16.5. The average molecular weight is 634 g/mol. The second-order valence-electron chi connectivity index (χ2n) is 11.5. The molecule has 0 saturated heterocycles. The highest BCUT2D eigenvalue weighted by Gasteiger charge is 2.18. The number of aromatic nitrogens is 4. The fourth-order valence-electron chi connectivity index (χ4n) is 5.09. The maximum Gasteiger partial charge on any atom is 0.335 e. The van der Waals surface area contributed by atoms with Crippen LogP contribution in [0.15, 0.2) is 48.5 Å². The zero-order valence-electron chi connectivity index (χ0n) is 27.1. The minimum Gasteiger partial charge on any atom is -0.494 e. The Morgan fingerprint density at radius 2 is 1.35 bits per heavy atom. The normalized spacial score (nSPS) is 11.1. The Bertz CT molecular complexity index is 1500. The quantitative estimate of drug-likeness (QED) is 0.0751. The number of fused-ring (bicyclic) bond motifs is 1. The van der Waals surface area contributed by atoms with E-state index < -0.39 is 5.97 Å². The summed E-state index contributed by atoms with van der Waals surface area (Å²) in [5.74, 6) is 1.93. The number of aromatic carboxylic acids is 1. The lowest BCUT2D eigenvalue weighted by atomic mass is 10.1. The molecule has 0 atom stereocenters. The fourth-order valence-corrected chi connectivity index (χ4v) is 5.09. The number of H-pyrrole nitrogens is 1. The van der Waals surface area contributed by atoms with Crippen LogP contribution in [0, 0.1) is 6.92 Å². The van der Waals surface area contributed by atoms with Crippen LogP contribution in [0.5, 0.6) is 23.0 Å². The summed E-state index contributed by atoms with van der Waals surface area (Å²) < 4.78 is 19.3. The third-order valence-electron chi connectivity index (χ3n) is 7.73. The van der Waals surface area contributed by atoms with Crippen LogP contribution in [0.3, 0.4) is 0 Å². The summed E-state index contributed by atoms with van der Waals surface area (Å²) >= 11 is 0. The van der Waals surface area contributed by atoms with E-state index in [9.17, 15) is 9.59 Å². The van der Waals surface area contributed by atoms with Gasteiger partial charge in [0.05, 0.1) is 31.0 Å². The Morgan fingerprint density at radius 3 is 1.96 bits per heavy atom. The molecule has 1 amide bonds. The predicted octanol–water partition coefficient (Wildman–Crippen LogP) is 7.63. The van der Waals surface area contributed by atoms with Gasteiger partial charge in [0.25, 0.3) is 0 Å². The van der Waals surface area contributed by atoms with Crippen LogP contribution in [0.4, 0.5) is 0 Å². The number of hydrogen-bond acceptors (Lipinski definition) is 7. The van der Waals surface area contributed by atoms with Crippen molar-refractivity contribution in [2.24, 2.45) is 0 Å². The van der Waals surface area contributed by atoms with Gasteiger partial charge >= 0.3 is 5.97 Å². The van der Waals surface area contributed by atoms with Crippen molar-refractivity contribution < 1.29 is 28.9 Å². The number of nitrogens with one attached hydrogen (secondary N) is 2. The number of carboxylic acid groups (broad SMARTS) is 1. The van der Waals surface area contributed by atoms with E-state index in [0.29, 0.717) is 48.1 Å². The standard InChI is InChI=1S/C35H47N5O6/c1-3-4-5-6-7-8-9-10-11-12-23-44-28-19-21-29(22-20-28)45-24-13-14-32(41)36-25-31-37-38-34-33(26(2)39-40(31)34)46-30-17-15-27(16-18-30)35(42)43/h15-22,39H,3-14,23-25H2,1-2H3,(H,36,41)(H,42,43). The van der Waals surface area contributed by atoms with Gasteiger partial charge in [0, 0.05) is 6.42 Å². The maximum absolute atomic E-state index is 12.4. The first-order valence-corrected chi connectivity index (χ1v) is 16.5. The molecule has 0 radical (unpaired) electrons. The molecule has 0 aliphatic heterocycles. The summed E-state index contributed by atoms with van der Waals surface area (Å²) in [5.41, 5.74) is 1.35. The summed E-state index contributed by atoms with van der Waals surface area (Å²) in [4.78, 5) is 23.5. The summed E-state index contributed by atoms with van der Waals surface area (Å²) in [7, 11) is 0. The molecule has 0 saturated carbocycles. The number of benzene rings is 2. The van der Waals surface area contributed by atoms with Crippen LogP contribution in [-0.4, -0.2) is 50.0 Å². The van der Waals surface area contributed by atoms with Gasteiger partial charge in [-0.1, -0.05) is 64.7 Å². The predicted molar refractivity (Wildman–Crippen MR) is 176 cm³/mol. The lowest BCUT2D eigenvalue weighted by molar-refractivity contribution is -0.121. The number of nitrogens with zero attached hydrogens (tertiary/aromatic N) is 3. The monoisotopic (exact) mass is 633 g/mol. The molecule has 0 unspecified atom stereocenters. The molecular formula is C35H47N5O6. The second-order valence-corrected chi connectivity index (χ2v) is 11.5. The second kappa shape index (κ2) is 18.4. The third-order valence-corrected chi connectivity index (χ3v) is 7.73. The Kier molecular flexibility index (Phi) is 13.8. The molecule has 0 aliphatic carbocycles. The number of aryl methyl sites for hydroxylation is 1. The summed E-state index contributed by atoms with van der Waals surface area (Å²) in [6, 6.07) is 13.7. The molecule has 2 heterocycles. The zero-order chi connectivity index (χ0) is 32.6. The summed E-state index contributed by atoms with van der Waals surface area (Å²) in [5, 5.41) is 23.5. The molecule has 4 aromatic rings. The van der Waals surface area contributed by atoms with E-state index in [1.807, 2.05) is 31.2 Å². The van der Waals surface area contributed by atoms with E-state index in [-0.39, 0.29) is 18.0 Å². The molecule has 0 fully saturated rings. The Labute approximate surface area is 270 Å². The van der Waals surface area contributed by atoms with E-state index in [2.05, 4.69) is 27.5 Å². The maximum atomic E-state index is 12.4. The third kappa shape index (κ3) is 10.8. The van der Waals surface area contributed by atoms with E-state index in [1.54, 1.807) is 16.6 Å². The summed E-state index contributed by atoms with van der Waals surface area (Å²) in [6.45, 7) is 5.43. The number of amides is 1. The molecule has 4 rings (SSSR count). The van der Waals surface area contributed by atoms with E-state index in [0.717, 1.165) is 24.5 Å². The number of aromatic amines is 1. The van der Waals surface area contributed by atoms with Gasteiger partial charge < -0.3 is 24.6 Å².